The van der Waals surface area contributed by atoms with Crippen molar-refractivity contribution in [1.82, 2.24) is 15.5 Å². The van der Waals surface area contributed by atoms with E-state index in [0.717, 1.165) is 43.0 Å². The lowest BCUT2D eigenvalue weighted by atomic mass is 10.1. The molecule has 0 saturated carbocycles. The number of ether oxygens (including phenoxy) is 1. The Labute approximate surface area is 160 Å². The number of morpholine rings is 1. The molecule has 1 aromatic heterocycles. The Kier molecular flexibility index (Phi) is 6.34. The molecule has 0 bridgehead atoms. The summed E-state index contributed by atoms with van der Waals surface area (Å²) in [5.74, 6) is 0. The first-order valence-electron chi connectivity index (χ1n) is 9.56. The third kappa shape index (κ3) is 5.23. The highest BCUT2D eigenvalue weighted by atomic mass is 16.5. The zero-order valence-electron chi connectivity index (χ0n) is 16.3. The molecule has 0 spiro atoms. The Morgan fingerprint density at radius 1 is 1.30 bits per heavy atom. The van der Waals surface area contributed by atoms with Crippen molar-refractivity contribution in [3.05, 3.63) is 41.7 Å². The summed E-state index contributed by atoms with van der Waals surface area (Å²) >= 11 is 0. The molecule has 2 aromatic rings. The number of rotatable bonds is 6. The topological polar surface area (TPSA) is 82.3 Å². The lowest BCUT2D eigenvalue weighted by Crippen LogP contribution is -2.45. The fourth-order valence-electron chi connectivity index (χ4n) is 3.50. The van der Waals surface area contributed by atoms with Crippen molar-refractivity contribution in [2.45, 2.75) is 45.8 Å². The van der Waals surface area contributed by atoms with Crippen molar-refractivity contribution in [2.24, 2.45) is 0 Å². The number of amides is 2. The Morgan fingerprint density at radius 2 is 2.04 bits per heavy atom. The average Bonchev–Trinajstić information content (AvgIpc) is 3.03. The number of anilines is 2. The van der Waals surface area contributed by atoms with Gasteiger partial charge in [-0.2, -0.15) is 5.10 Å². The molecule has 3 N–H and O–H groups in total. The first-order chi connectivity index (χ1) is 13.0. The number of carbonyl (C=O) groups excluding carboxylic acids is 1. The van der Waals surface area contributed by atoms with Crippen molar-refractivity contribution in [1.29, 1.82) is 0 Å². The van der Waals surface area contributed by atoms with E-state index in [1.807, 2.05) is 37.4 Å². The summed E-state index contributed by atoms with van der Waals surface area (Å²) in [6, 6.07) is 7.74. The van der Waals surface area contributed by atoms with Crippen molar-refractivity contribution in [3.63, 3.8) is 0 Å². The summed E-state index contributed by atoms with van der Waals surface area (Å²) in [5.41, 5.74) is 4.13. The number of nitrogens with one attached hydrogen (secondary N) is 3. The molecule has 7 nitrogen and oxygen atoms in total. The number of para-hydroxylation sites is 2. The van der Waals surface area contributed by atoms with Crippen LogP contribution >= 0.6 is 0 Å². The number of carbonyl (C=O) groups is 1. The van der Waals surface area contributed by atoms with Crippen LogP contribution in [0.4, 0.5) is 16.2 Å². The molecule has 2 heterocycles. The number of aromatic nitrogens is 2. The minimum absolute atomic E-state index is 0.169. The van der Waals surface area contributed by atoms with Crippen molar-refractivity contribution < 1.29 is 9.53 Å². The lowest BCUT2D eigenvalue weighted by Gasteiger charge is -2.37. The minimum atomic E-state index is -0.180. The predicted molar refractivity (Wildman–Crippen MR) is 107 cm³/mol. The molecule has 27 heavy (non-hydrogen) atoms. The van der Waals surface area contributed by atoms with Crippen LogP contribution in [0.25, 0.3) is 0 Å². The number of aromatic amines is 1. The van der Waals surface area contributed by atoms with Crippen LogP contribution in [0.5, 0.6) is 0 Å². The highest BCUT2D eigenvalue weighted by Crippen LogP contribution is 2.28. The van der Waals surface area contributed by atoms with E-state index in [1.165, 1.54) is 5.56 Å². The Hall–Kier alpha value is -2.54. The number of benzene rings is 1. The molecule has 0 unspecified atom stereocenters. The summed E-state index contributed by atoms with van der Waals surface area (Å²) in [7, 11) is 0. The van der Waals surface area contributed by atoms with Crippen molar-refractivity contribution in [2.75, 3.05) is 29.9 Å². The molecular weight excluding hydrogens is 342 g/mol. The van der Waals surface area contributed by atoms with E-state index in [0.29, 0.717) is 6.54 Å². The van der Waals surface area contributed by atoms with Gasteiger partial charge in [-0.3, -0.25) is 5.10 Å². The van der Waals surface area contributed by atoms with Gasteiger partial charge in [-0.15, -0.1) is 0 Å². The van der Waals surface area contributed by atoms with E-state index in [4.69, 9.17) is 4.74 Å². The number of urea groups is 1. The number of nitrogens with zero attached hydrogens (tertiary/aromatic N) is 2. The van der Waals surface area contributed by atoms with Crippen LogP contribution < -0.4 is 15.5 Å². The molecule has 2 amide bonds. The highest BCUT2D eigenvalue weighted by molar-refractivity contribution is 5.93. The summed E-state index contributed by atoms with van der Waals surface area (Å²) < 4.78 is 5.82. The second-order valence-corrected chi connectivity index (χ2v) is 7.18. The summed E-state index contributed by atoms with van der Waals surface area (Å²) in [5, 5.41) is 12.9. The number of H-pyrrole nitrogens is 1. The van der Waals surface area contributed by atoms with Gasteiger partial charge < -0.3 is 20.3 Å². The van der Waals surface area contributed by atoms with Crippen molar-refractivity contribution >= 4 is 17.4 Å². The molecule has 3 rings (SSSR count). The number of aryl methyl sites for hydroxylation is 2. The van der Waals surface area contributed by atoms with Crippen molar-refractivity contribution in [3.8, 4) is 0 Å². The van der Waals surface area contributed by atoms with Gasteiger partial charge in [0.25, 0.3) is 0 Å². The maximum absolute atomic E-state index is 12.3. The van der Waals surface area contributed by atoms with Crippen LogP contribution in [-0.4, -0.2) is 48.1 Å². The molecule has 0 radical (unpaired) electrons. The smallest absolute Gasteiger partial charge is 0.319 e. The Balaban J connectivity index is 1.52. The van der Waals surface area contributed by atoms with Gasteiger partial charge in [0.15, 0.2) is 0 Å². The first-order valence-corrected chi connectivity index (χ1v) is 9.56. The Bertz CT molecular complexity index is 750. The highest BCUT2D eigenvalue weighted by Gasteiger charge is 2.24. The van der Waals surface area contributed by atoms with Gasteiger partial charge in [-0.1, -0.05) is 12.1 Å². The second kappa shape index (κ2) is 8.90. The third-order valence-corrected chi connectivity index (χ3v) is 4.76. The summed E-state index contributed by atoms with van der Waals surface area (Å²) in [6.07, 6.45) is 3.94. The maximum atomic E-state index is 12.3. The monoisotopic (exact) mass is 371 g/mol. The van der Waals surface area contributed by atoms with Gasteiger partial charge in [0, 0.05) is 25.3 Å². The van der Waals surface area contributed by atoms with E-state index in [2.05, 4.69) is 39.6 Å². The lowest BCUT2D eigenvalue weighted by molar-refractivity contribution is -0.00517. The fraction of sp³-hybridized carbons (Fsp3) is 0.500. The molecule has 1 fully saturated rings. The van der Waals surface area contributed by atoms with Crippen LogP contribution in [0.15, 0.2) is 30.5 Å². The second-order valence-electron chi connectivity index (χ2n) is 7.18. The van der Waals surface area contributed by atoms with E-state index in [1.54, 1.807) is 0 Å². The Morgan fingerprint density at radius 3 is 2.74 bits per heavy atom. The molecule has 2 atom stereocenters. The van der Waals surface area contributed by atoms with Gasteiger partial charge in [-0.05, 0) is 51.3 Å². The number of hydrogen-bond donors (Lipinski definition) is 3. The molecule has 1 aromatic carbocycles. The zero-order valence-corrected chi connectivity index (χ0v) is 16.3. The van der Waals surface area contributed by atoms with Crippen LogP contribution in [-0.2, 0) is 11.2 Å². The van der Waals surface area contributed by atoms with Gasteiger partial charge >= 0.3 is 6.03 Å². The summed E-state index contributed by atoms with van der Waals surface area (Å²) in [4.78, 5) is 14.6. The normalized spacial score (nSPS) is 19.7. The molecule has 1 aliphatic heterocycles. The molecule has 146 valence electrons. The molecule has 7 heteroatoms. The van der Waals surface area contributed by atoms with Gasteiger partial charge in [0.1, 0.15) is 0 Å². The quantitative estimate of drug-likeness (QED) is 0.682. The first kappa shape index (κ1) is 19.2. The molecule has 0 aliphatic carbocycles. The van der Waals surface area contributed by atoms with Crippen LogP contribution in [0.3, 0.4) is 0 Å². The van der Waals surface area contributed by atoms with E-state index < -0.39 is 0 Å². The number of hydrogen-bond acceptors (Lipinski definition) is 4. The standard InChI is InChI=1S/C20H29N5O2/c1-14-12-25(13-15(2)27-14)19-9-5-4-8-18(19)23-20(26)21-10-6-7-17-11-22-24-16(17)3/h4-5,8-9,11,14-15H,6-7,10,12-13H2,1-3H3,(H,22,24)(H2,21,23,26)/t14-,15-/m0/s1. The van der Waals surface area contributed by atoms with Gasteiger partial charge in [0.2, 0.25) is 0 Å². The van der Waals surface area contributed by atoms with E-state index in [9.17, 15) is 4.79 Å². The largest absolute Gasteiger partial charge is 0.372 e. The predicted octanol–water partition coefficient (Wildman–Crippen LogP) is 3.09. The SMILES string of the molecule is Cc1[nH]ncc1CCCNC(=O)Nc1ccccc1N1C[C@H](C)O[C@@H](C)C1. The van der Waals surface area contributed by atoms with E-state index >= 15 is 0 Å². The summed E-state index contributed by atoms with van der Waals surface area (Å²) in [6.45, 7) is 8.40. The fourth-order valence-corrected chi connectivity index (χ4v) is 3.50. The molecular formula is C20H29N5O2. The van der Waals surface area contributed by atoms with Gasteiger partial charge in [0.05, 0.1) is 29.8 Å². The van der Waals surface area contributed by atoms with E-state index in [-0.39, 0.29) is 18.2 Å². The van der Waals surface area contributed by atoms with Crippen LogP contribution in [0.1, 0.15) is 31.5 Å². The maximum Gasteiger partial charge on any atom is 0.319 e. The van der Waals surface area contributed by atoms with Crippen LogP contribution in [0, 0.1) is 6.92 Å². The minimum Gasteiger partial charge on any atom is -0.372 e. The third-order valence-electron chi connectivity index (χ3n) is 4.76. The zero-order chi connectivity index (χ0) is 19.2. The van der Waals surface area contributed by atoms with Crippen LogP contribution in [0.2, 0.25) is 0 Å². The van der Waals surface area contributed by atoms with Gasteiger partial charge in [-0.25, -0.2) is 4.79 Å². The molecule has 1 aliphatic rings. The molecule has 1 saturated heterocycles. The average molecular weight is 371 g/mol.